The molecule has 0 aliphatic carbocycles. The second kappa shape index (κ2) is 8.81. The summed E-state index contributed by atoms with van der Waals surface area (Å²) in [5.74, 6) is -0.522. The predicted molar refractivity (Wildman–Crippen MR) is 131 cm³/mol. The zero-order valence-electron chi connectivity index (χ0n) is 19.3. The van der Waals surface area contributed by atoms with Crippen molar-refractivity contribution >= 4 is 26.6 Å². The van der Waals surface area contributed by atoms with Gasteiger partial charge in [-0.1, -0.05) is 25.1 Å². The third kappa shape index (κ3) is 4.27. The largest absolute Gasteiger partial charge is 0.491 e. The lowest BCUT2D eigenvalue weighted by molar-refractivity contribution is 0.0731. The Hall–Kier alpha value is -3.72. The molecule has 180 valence electrons. The van der Waals surface area contributed by atoms with E-state index in [4.69, 9.17) is 4.74 Å². The maximum absolute atomic E-state index is 15.0. The first kappa shape index (κ1) is 23.0. The number of sulfone groups is 1. The number of ether oxygens (including phenoxy) is 1. The third-order valence-electron chi connectivity index (χ3n) is 6.29. The molecule has 0 radical (unpaired) electrons. The Morgan fingerprint density at radius 1 is 1.14 bits per heavy atom. The number of nitrogens with zero attached hydrogens (tertiary/aromatic N) is 2. The minimum atomic E-state index is -3.75. The Morgan fingerprint density at radius 2 is 1.91 bits per heavy atom. The highest BCUT2D eigenvalue weighted by molar-refractivity contribution is 7.90. The molecule has 3 aromatic carbocycles. The van der Waals surface area contributed by atoms with E-state index in [0.29, 0.717) is 18.9 Å². The highest BCUT2D eigenvalue weighted by Gasteiger charge is 2.27. The molecule has 7 nitrogen and oxygen atoms in total. The molecular formula is C26H24FN3O4S. The highest BCUT2D eigenvalue weighted by Crippen LogP contribution is 2.32. The van der Waals surface area contributed by atoms with Crippen molar-refractivity contribution in [3.8, 4) is 16.9 Å². The summed E-state index contributed by atoms with van der Waals surface area (Å²) in [5.41, 5.74) is 4.00. The number of amides is 1. The number of rotatable bonds is 4. The van der Waals surface area contributed by atoms with E-state index in [-0.39, 0.29) is 30.0 Å². The van der Waals surface area contributed by atoms with Crippen LogP contribution in [0, 0.1) is 5.82 Å². The van der Waals surface area contributed by atoms with Crippen LogP contribution in [0.2, 0.25) is 0 Å². The van der Waals surface area contributed by atoms with E-state index >= 15 is 4.39 Å². The zero-order valence-corrected chi connectivity index (χ0v) is 20.2. The van der Waals surface area contributed by atoms with Gasteiger partial charge in [-0.3, -0.25) is 9.89 Å². The summed E-state index contributed by atoms with van der Waals surface area (Å²) in [6, 6.07) is 14.5. The van der Waals surface area contributed by atoms with Gasteiger partial charge in [-0.05, 0) is 47.9 Å². The number of hydrogen-bond donors (Lipinski definition) is 1. The molecule has 1 N–H and O–H groups in total. The third-order valence-corrected chi connectivity index (χ3v) is 7.41. The number of nitrogens with one attached hydrogen (secondary N) is 1. The summed E-state index contributed by atoms with van der Waals surface area (Å²) in [6.45, 7) is 2.60. The molecule has 9 heteroatoms. The van der Waals surface area contributed by atoms with Crippen LogP contribution >= 0.6 is 0 Å². The van der Waals surface area contributed by atoms with Crippen LogP contribution in [0.25, 0.3) is 22.0 Å². The van der Waals surface area contributed by atoms with Crippen LogP contribution < -0.4 is 4.74 Å². The predicted octanol–water partition coefficient (Wildman–Crippen LogP) is 4.37. The summed E-state index contributed by atoms with van der Waals surface area (Å²) < 4.78 is 44.8. The van der Waals surface area contributed by atoms with Crippen LogP contribution in [0.5, 0.6) is 5.75 Å². The summed E-state index contributed by atoms with van der Waals surface area (Å²) in [7, 11) is -3.75. The lowest BCUT2D eigenvalue weighted by atomic mass is 10.0. The van der Waals surface area contributed by atoms with Crippen LogP contribution in [0.15, 0.2) is 59.6 Å². The van der Waals surface area contributed by atoms with Crippen LogP contribution in [0.1, 0.15) is 28.4 Å². The maximum atomic E-state index is 15.0. The smallest absolute Gasteiger partial charge is 0.254 e. The van der Waals surface area contributed by atoms with Gasteiger partial charge in [0.2, 0.25) is 0 Å². The van der Waals surface area contributed by atoms with E-state index in [1.165, 1.54) is 12.1 Å². The van der Waals surface area contributed by atoms with Gasteiger partial charge in [0.25, 0.3) is 5.91 Å². The number of halogens is 1. The molecule has 35 heavy (non-hydrogen) atoms. The number of H-pyrrole nitrogens is 1. The standard InChI is InChI=1S/C26H24FN3O4S/c1-3-20-21(7-9-24(25(20)27)35(2,32)33)26(31)30-10-11-34-23-8-6-16(12-19(23)15-30)17-4-5-18-14-28-29-22(18)13-17/h4-9,12-14H,3,10-11,15H2,1-2H3,(H,28,29). The average molecular weight is 494 g/mol. The van der Waals surface area contributed by atoms with Crippen LogP contribution in [-0.2, 0) is 22.8 Å². The molecule has 0 bridgehead atoms. The summed E-state index contributed by atoms with van der Waals surface area (Å²) in [4.78, 5) is 14.7. The topological polar surface area (TPSA) is 92.4 Å². The van der Waals surface area contributed by atoms with E-state index in [1.54, 1.807) is 18.0 Å². The van der Waals surface area contributed by atoms with Gasteiger partial charge < -0.3 is 9.64 Å². The number of aromatic amines is 1. The first-order valence-electron chi connectivity index (χ1n) is 11.3. The average Bonchev–Trinajstić information content (AvgIpc) is 3.20. The van der Waals surface area contributed by atoms with Gasteiger partial charge in [0.05, 0.1) is 18.3 Å². The molecule has 0 spiro atoms. The lowest BCUT2D eigenvalue weighted by Crippen LogP contribution is -2.33. The normalized spacial score (nSPS) is 13.9. The second-order valence-electron chi connectivity index (χ2n) is 8.60. The lowest BCUT2D eigenvalue weighted by Gasteiger charge is -2.22. The molecule has 1 aromatic heterocycles. The van der Waals surface area contributed by atoms with Crippen LogP contribution in [0.4, 0.5) is 4.39 Å². The van der Waals surface area contributed by atoms with E-state index < -0.39 is 20.5 Å². The van der Waals surface area contributed by atoms with Crippen molar-refractivity contribution < 1.29 is 22.3 Å². The molecule has 1 aliphatic heterocycles. The Labute approximate surface area is 202 Å². The molecule has 0 fully saturated rings. The van der Waals surface area contributed by atoms with Crippen molar-refractivity contribution in [2.75, 3.05) is 19.4 Å². The summed E-state index contributed by atoms with van der Waals surface area (Å²) >= 11 is 0. The first-order valence-corrected chi connectivity index (χ1v) is 13.2. The van der Waals surface area contributed by atoms with Gasteiger partial charge in [-0.2, -0.15) is 5.10 Å². The molecule has 0 saturated heterocycles. The van der Waals surface area contributed by atoms with Crippen molar-refractivity contribution in [3.05, 3.63) is 77.2 Å². The Kier molecular flexibility index (Phi) is 5.80. The van der Waals surface area contributed by atoms with Gasteiger partial charge in [0, 0.05) is 34.9 Å². The van der Waals surface area contributed by atoms with Crippen molar-refractivity contribution in [1.29, 1.82) is 0 Å². The van der Waals surface area contributed by atoms with Gasteiger partial charge in [-0.15, -0.1) is 0 Å². The molecule has 0 atom stereocenters. The van der Waals surface area contributed by atoms with Crippen molar-refractivity contribution in [2.24, 2.45) is 0 Å². The minimum absolute atomic E-state index is 0.102. The molecule has 0 saturated carbocycles. The van der Waals surface area contributed by atoms with Crippen molar-refractivity contribution in [3.63, 3.8) is 0 Å². The fourth-order valence-electron chi connectivity index (χ4n) is 4.47. The number of carbonyl (C=O) groups excluding carboxylic acids is 1. The number of fused-ring (bicyclic) bond motifs is 2. The molecular weight excluding hydrogens is 469 g/mol. The van der Waals surface area contributed by atoms with E-state index in [2.05, 4.69) is 10.2 Å². The Balaban J connectivity index is 1.48. The first-order chi connectivity index (χ1) is 16.8. The van der Waals surface area contributed by atoms with Crippen LogP contribution in [-0.4, -0.2) is 48.8 Å². The SMILES string of the molecule is CCc1c(C(=O)N2CCOc3ccc(-c4ccc5cn[nH]c5c4)cc3C2)ccc(S(C)(=O)=O)c1F. The fraction of sp³-hybridized carbons (Fsp3) is 0.231. The monoisotopic (exact) mass is 493 g/mol. The highest BCUT2D eigenvalue weighted by atomic mass is 32.2. The number of benzene rings is 3. The minimum Gasteiger partial charge on any atom is -0.491 e. The van der Waals surface area contributed by atoms with E-state index in [0.717, 1.165) is 33.8 Å². The van der Waals surface area contributed by atoms with E-state index in [9.17, 15) is 13.2 Å². The molecule has 1 amide bonds. The van der Waals surface area contributed by atoms with Gasteiger partial charge in [0.1, 0.15) is 23.1 Å². The van der Waals surface area contributed by atoms with Gasteiger partial charge in [-0.25, -0.2) is 12.8 Å². The van der Waals surface area contributed by atoms with Crippen LogP contribution in [0.3, 0.4) is 0 Å². The van der Waals surface area contributed by atoms with Crippen molar-refractivity contribution in [2.45, 2.75) is 24.8 Å². The quantitative estimate of drug-likeness (QED) is 0.456. The number of aromatic nitrogens is 2. The molecule has 0 unspecified atom stereocenters. The molecule has 1 aliphatic rings. The summed E-state index contributed by atoms with van der Waals surface area (Å²) in [6.07, 6.45) is 2.91. The molecule has 5 rings (SSSR count). The second-order valence-corrected chi connectivity index (χ2v) is 10.6. The number of carbonyl (C=O) groups is 1. The molecule has 2 heterocycles. The molecule has 4 aromatic rings. The number of hydrogen-bond acceptors (Lipinski definition) is 5. The zero-order chi connectivity index (χ0) is 24.7. The van der Waals surface area contributed by atoms with E-state index in [1.807, 2.05) is 36.4 Å². The van der Waals surface area contributed by atoms with Gasteiger partial charge in [0.15, 0.2) is 9.84 Å². The summed E-state index contributed by atoms with van der Waals surface area (Å²) in [5, 5.41) is 8.06. The maximum Gasteiger partial charge on any atom is 0.254 e. The van der Waals surface area contributed by atoms with Crippen molar-refractivity contribution in [1.82, 2.24) is 15.1 Å². The Morgan fingerprint density at radius 3 is 2.69 bits per heavy atom. The fourth-order valence-corrected chi connectivity index (χ4v) is 5.23. The Bertz CT molecular complexity index is 1560. The van der Waals surface area contributed by atoms with Gasteiger partial charge >= 0.3 is 0 Å².